The monoisotopic (exact) mass is 626 g/mol. The van der Waals surface area contributed by atoms with Crippen LogP contribution in [0.3, 0.4) is 0 Å². The van der Waals surface area contributed by atoms with E-state index in [4.69, 9.17) is 25.4 Å². The highest BCUT2D eigenvalue weighted by Gasteiger charge is 2.16. The number of nitrogens with two attached hydrogens (primary N) is 1. The SMILES string of the molecule is CCCCCCCCCCCCCCCCCCCCCCCCCCCCOCC(O)COP(=O)(O)O.NCCO. The summed E-state index contributed by atoms with van der Waals surface area (Å²) in [6, 6.07) is 0. The highest BCUT2D eigenvalue weighted by molar-refractivity contribution is 7.46. The molecule has 256 valence electrons. The van der Waals surface area contributed by atoms with E-state index >= 15 is 0 Å². The molecule has 0 spiro atoms. The molecule has 42 heavy (non-hydrogen) atoms. The third kappa shape index (κ3) is 44.4. The zero-order chi connectivity index (χ0) is 31.4. The first-order valence-electron chi connectivity index (χ1n) is 17.6. The number of aliphatic hydroxyl groups excluding tert-OH is 2. The molecule has 0 aliphatic carbocycles. The molecule has 0 rings (SSSR count). The Kier molecular flexibility index (Phi) is 39.0. The van der Waals surface area contributed by atoms with Crippen LogP contribution in [0.4, 0.5) is 0 Å². The van der Waals surface area contributed by atoms with Crippen LogP contribution in [0.15, 0.2) is 0 Å². The van der Waals surface area contributed by atoms with Crippen LogP contribution >= 0.6 is 7.82 Å². The zero-order valence-electron chi connectivity index (χ0n) is 27.5. The van der Waals surface area contributed by atoms with Gasteiger partial charge in [0.15, 0.2) is 0 Å². The number of hydrogen-bond donors (Lipinski definition) is 5. The fraction of sp³-hybridized carbons (Fsp3) is 1.00. The number of phosphoric ester groups is 1. The Labute approximate surface area is 260 Å². The van der Waals surface area contributed by atoms with Crippen LogP contribution in [0.2, 0.25) is 0 Å². The quantitative estimate of drug-likeness (QED) is 0.0360. The van der Waals surface area contributed by atoms with Crippen LogP contribution in [-0.2, 0) is 13.8 Å². The van der Waals surface area contributed by atoms with Crippen LogP contribution in [0.5, 0.6) is 0 Å². The van der Waals surface area contributed by atoms with E-state index in [1.165, 1.54) is 154 Å². The van der Waals surface area contributed by atoms with Crippen molar-refractivity contribution in [1.82, 2.24) is 0 Å². The summed E-state index contributed by atoms with van der Waals surface area (Å²) in [7, 11) is -4.52. The minimum absolute atomic E-state index is 0.0411. The van der Waals surface area contributed by atoms with Gasteiger partial charge in [-0.2, -0.15) is 0 Å². The first kappa shape index (κ1) is 44.1. The molecule has 1 atom stereocenters. The number of unbranched alkanes of at least 4 members (excludes halogenated alkanes) is 25. The summed E-state index contributed by atoms with van der Waals surface area (Å²) in [6.45, 7) is 2.95. The topological polar surface area (TPSA) is 142 Å². The summed E-state index contributed by atoms with van der Waals surface area (Å²) in [4.78, 5) is 17.2. The van der Waals surface area contributed by atoms with Gasteiger partial charge in [0, 0.05) is 13.2 Å². The molecule has 9 heteroatoms. The van der Waals surface area contributed by atoms with Crippen molar-refractivity contribution in [1.29, 1.82) is 0 Å². The zero-order valence-corrected chi connectivity index (χ0v) is 28.4. The van der Waals surface area contributed by atoms with E-state index in [0.29, 0.717) is 13.2 Å². The van der Waals surface area contributed by atoms with Gasteiger partial charge in [0.2, 0.25) is 0 Å². The van der Waals surface area contributed by atoms with Gasteiger partial charge in [0.05, 0.1) is 19.8 Å². The third-order valence-corrected chi connectivity index (χ3v) is 8.00. The molecule has 0 aromatic rings. The van der Waals surface area contributed by atoms with Crippen LogP contribution < -0.4 is 5.73 Å². The molecule has 0 bridgehead atoms. The van der Waals surface area contributed by atoms with Gasteiger partial charge in [-0.15, -0.1) is 0 Å². The number of ether oxygens (including phenoxy) is 1. The standard InChI is InChI=1S/C31H65O6P.C2H7NO/c1-2-3-4-5-6-7-8-9-10-11-12-13-14-15-16-17-18-19-20-21-22-23-24-25-26-27-28-36-29-31(32)30-37-38(33,34)35;3-1-2-4/h31-32H,2-30H2,1H3,(H2,33,34,35);4H,1-3H2. The lowest BCUT2D eigenvalue weighted by atomic mass is 10.0. The van der Waals surface area contributed by atoms with Crippen LogP contribution in [0.25, 0.3) is 0 Å². The van der Waals surface area contributed by atoms with Gasteiger partial charge in [0.25, 0.3) is 0 Å². The molecule has 0 saturated heterocycles. The highest BCUT2D eigenvalue weighted by Crippen LogP contribution is 2.35. The predicted octanol–water partition coefficient (Wildman–Crippen LogP) is 8.57. The molecule has 0 aromatic heterocycles. The second-order valence-corrected chi connectivity index (χ2v) is 13.1. The van der Waals surface area contributed by atoms with E-state index < -0.39 is 20.5 Å². The van der Waals surface area contributed by atoms with Gasteiger partial charge in [-0.25, -0.2) is 4.57 Å². The molecule has 0 amide bonds. The summed E-state index contributed by atoms with van der Waals surface area (Å²) in [6.07, 6.45) is 34.9. The molecular formula is C33H72NO7P. The van der Waals surface area contributed by atoms with Gasteiger partial charge in [-0.3, -0.25) is 4.52 Å². The molecule has 0 heterocycles. The van der Waals surface area contributed by atoms with Crippen LogP contribution in [0, 0.1) is 0 Å². The number of hydrogen-bond acceptors (Lipinski definition) is 6. The van der Waals surface area contributed by atoms with Crippen molar-refractivity contribution >= 4 is 7.82 Å². The second kappa shape index (κ2) is 37.1. The Morgan fingerprint density at radius 2 is 0.857 bits per heavy atom. The largest absolute Gasteiger partial charge is 0.469 e. The molecular weight excluding hydrogens is 553 g/mol. The van der Waals surface area contributed by atoms with E-state index in [9.17, 15) is 9.67 Å². The maximum atomic E-state index is 10.6. The third-order valence-electron chi connectivity index (χ3n) is 7.52. The Balaban J connectivity index is 0. The van der Waals surface area contributed by atoms with Crippen molar-refractivity contribution in [2.24, 2.45) is 5.73 Å². The molecule has 0 aliphatic rings. The molecule has 0 saturated carbocycles. The highest BCUT2D eigenvalue weighted by atomic mass is 31.2. The summed E-state index contributed by atoms with van der Waals surface area (Å²) in [5, 5.41) is 17.3. The summed E-state index contributed by atoms with van der Waals surface area (Å²) >= 11 is 0. The Morgan fingerprint density at radius 3 is 1.12 bits per heavy atom. The normalized spacial score (nSPS) is 12.3. The number of aliphatic hydroxyl groups is 2. The predicted molar refractivity (Wildman–Crippen MR) is 177 cm³/mol. The minimum Gasteiger partial charge on any atom is -0.395 e. The number of rotatable bonds is 33. The summed E-state index contributed by atoms with van der Waals surface area (Å²) in [5.41, 5.74) is 4.78. The van der Waals surface area contributed by atoms with Crippen molar-refractivity contribution in [3.05, 3.63) is 0 Å². The first-order valence-corrected chi connectivity index (χ1v) is 19.2. The van der Waals surface area contributed by atoms with Crippen molar-refractivity contribution < 1.29 is 33.8 Å². The average molecular weight is 626 g/mol. The van der Waals surface area contributed by atoms with Crippen molar-refractivity contribution in [3.63, 3.8) is 0 Å². The van der Waals surface area contributed by atoms with Gasteiger partial charge in [-0.05, 0) is 6.42 Å². The summed E-state index contributed by atoms with van der Waals surface area (Å²) in [5.74, 6) is 0. The fourth-order valence-electron chi connectivity index (χ4n) is 4.97. The maximum Gasteiger partial charge on any atom is 0.469 e. The molecule has 1 unspecified atom stereocenters. The Bertz CT molecular complexity index is 535. The lowest BCUT2D eigenvalue weighted by molar-refractivity contribution is 0.00476. The lowest BCUT2D eigenvalue weighted by Gasteiger charge is -2.12. The molecule has 6 N–H and O–H groups in total. The van der Waals surface area contributed by atoms with Crippen LogP contribution in [-0.4, -0.2) is 59.1 Å². The molecule has 0 aliphatic heterocycles. The Hall–Kier alpha value is -0.0500. The van der Waals surface area contributed by atoms with E-state index in [1.54, 1.807) is 0 Å². The van der Waals surface area contributed by atoms with Crippen molar-refractivity contribution in [3.8, 4) is 0 Å². The second-order valence-electron chi connectivity index (χ2n) is 11.9. The van der Waals surface area contributed by atoms with Crippen LogP contribution in [0.1, 0.15) is 174 Å². The lowest BCUT2D eigenvalue weighted by Crippen LogP contribution is -2.21. The minimum atomic E-state index is -4.52. The van der Waals surface area contributed by atoms with E-state index in [2.05, 4.69) is 11.4 Å². The van der Waals surface area contributed by atoms with E-state index in [0.717, 1.165) is 12.8 Å². The first-order chi connectivity index (χ1) is 20.4. The van der Waals surface area contributed by atoms with Gasteiger partial charge < -0.3 is 30.5 Å². The van der Waals surface area contributed by atoms with Gasteiger partial charge in [0.1, 0.15) is 6.10 Å². The molecule has 0 aromatic carbocycles. The molecule has 0 fully saturated rings. The van der Waals surface area contributed by atoms with Crippen molar-refractivity contribution in [2.45, 2.75) is 180 Å². The summed E-state index contributed by atoms with van der Waals surface area (Å²) < 4.78 is 20.1. The molecule has 8 nitrogen and oxygen atoms in total. The van der Waals surface area contributed by atoms with E-state index in [-0.39, 0.29) is 13.2 Å². The van der Waals surface area contributed by atoms with Gasteiger partial charge in [-0.1, -0.05) is 167 Å². The Morgan fingerprint density at radius 1 is 0.571 bits per heavy atom. The van der Waals surface area contributed by atoms with E-state index in [1.807, 2.05) is 0 Å². The average Bonchev–Trinajstić information content (AvgIpc) is 2.97. The fourth-order valence-corrected chi connectivity index (χ4v) is 5.34. The molecule has 0 radical (unpaired) electrons. The number of phosphoric acid groups is 1. The smallest absolute Gasteiger partial charge is 0.395 e. The van der Waals surface area contributed by atoms with Gasteiger partial charge >= 0.3 is 7.82 Å². The maximum absolute atomic E-state index is 10.6. The van der Waals surface area contributed by atoms with Crippen molar-refractivity contribution in [2.75, 3.05) is 33.0 Å².